The molecular formula is C25H16N2O6. The van der Waals surface area contributed by atoms with E-state index in [2.05, 4.69) is 5.10 Å². The summed E-state index contributed by atoms with van der Waals surface area (Å²) in [6.45, 7) is -0.230. The first kappa shape index (κ1) is 20.2. The molecule has 0 unspecified atom stereocenters. The molecule has 5 rings (SSSR count). The maximum atomic E-state index is 13.1. The molecular weight excluding hydrogens is 424 g/mol. The van der Waals surface area contributed by atoms with Gasteiger partial charge in [-0.1, -0.05) is 36.4 Å². The third-order valence-corrected chi connectivity index (χ3v) is 5.17. The van der Waals surface area contributed by atoms with Gasteiger partial charge in [0.15, 0.2) is 5.69 Å². The molecule has 0 bridgehead atoms. The molecule has 0 atom stereocenters. The Morgan fingerprint density at radius 1 is 0.909 bits per heavy atom. The van der Waals surface area contributed by atoms with Crippen LogP contribution in [0.25, 0.3) is 27.4 Å². The first-order valence-electron chi connectivity index (χ1n) is 10.0. The number of nitrogens with zero attached hydrogens (tertiary/aromatic N) is 2. The summed E-state index contributed by atoms with van der Waals surface area (Å²) >= 11 is 0. The normalized spacial score (nSPS) is 11.0. The molecule has 0 saturated heterocycles. The summed E-state index contributed by atoms with van der Waals surface area (Å²) in [5, 5.41) is 15.1. The zero-order valence-electron chi connectivity index (χ0n) is 17.1. The number of phenols is 1. The number of phenolic OH excluding ortho intramolecular Hbond substituents is 1. The van der Waals surface area contributed by atoms with Crippen LogP contribution in [0.1, 0.15) is 16.1 Å². The number of fused-ring (bicyclic) bond motifs is 2. The van der Waals surface area contributed by atoms with Crippen LogP contribution in [0, 0.1) is 0 Å². The molecule has 0 fully saturated rings. The Balaban J connectivity index is 1.56. The molecule has 8 heteroatoms. The van der Waals surface area contributed by atoms with Crippen LogP contribution in [0.2, 0.25) is 0 Å². The second kappa shape index (κ2) is 8.08. The largest absolute Gasteiger partial charge is 0.508 e. The van der Waals surface area contributed by atoms with Crippen molar-refractivity contribution in [2.45, 2.75) is 6.61 Å². The monoisotopic (exact) mass is 440 g/mol. The number of carbonyl (C=O) groups excluding carboxylic acids is 1. The Hall–Kier alpha value is -4.72. The molecule has 2 heterocycles. The van der Waals surface area contributed by atoms with Crippen LogP contribution in [0.3, 0.4) is 0 Å². The number of aromatic nitrogens is 2. The molecule has 162 valence electrons. The van der Waals surface area contributed by atoms with Crippen LogP contribution in [-0.4, -0.2) is 20.9 Å². The zero-order valence-corrected chi connectivity index (χ0v) is 17.1. The molecule has 2 aromatic heterocycles. The SMILES string of the molecule is O=C(OCc1cc(=O)oc2cc(O)ccc12)c1nn(-c2ccccc2)c(=O)c2ccccc12. The van der Waals surface area contributed by atoms with Gasteiger partial charge in [-0.05, 0) is 30.3 Å². The fourth-order valence-electron chi connectivity index (χ4n) is 3.63. The highest BCUT2D eigenvalue weighted by Gasteiger charge is 2.19. The average Bonchev–Trinajstić information content (AvgIpc) is 2.83. The molecule has 0 amide bonds. The number of ether oxygens (including phenoxy) is 1. The highest BCUT2D eigenvalue weighted by molar-refractivity contribution is 6.02. The van der Waals surface area contributed by atoms with Gasteiger partial charge in [0.05, 0.1) is 11.1 Å². The average molecular weight is 440 g/mol. The van der Waals surface area contributed by atoms with E-state index in [0.717, 1.165) is 4.68 Å². The van der Waals surface area contributed by atoms with Crippen molar-refractivity contribution < 1.29 is 19.1 Å². The summed E-state index contributed by atoms with van der Waals surface area (Å²) in [6, 6.07) is 21.0. The van der Waals surface area contributed by atoms with Gasteiger partial charge in [-0.25, -0.2) is 9.59 Å². The highest BCUT2D eigenvalue weighted by Crippen LogP contribution is 2.23. The maximum absolute atomic E-state index is 13.1. The molecule has 5 aromatic rings. The van der Waals surface area contributed by atoms with Gasteiger partial charge in [0.1, 0.15) is 17.9 Å². The lowest BCUT2D eigenvalue weighted by Crippen LogP contribution is -2.25. The molecule has 8 nitrogen and oxygen atoms in total. The molecule has 0 spiro atoms. The van der Waals surface area contributed by atoms with Gasteiger partial charge in [-0.15, -0.1) is 0 Å². The van der Waals surface area contributed by atoms with Crippen LogP contribution in [0.15, 0.2) is 92.9 Å². The van der Waals surface area contributed by atoms with Crippen molar-refractivity contribution >= 4 is 27.7 Å². The number of rotatable bonds is 4. The topological polar surface area (TPSA) is 112 Å². The van der Waals surface area contributed by atoms with E-state index < -0.39 is 11.6 Å². The van der Waals surface area contributed by atoms with Crippen molar-refractivity contribution in [3.05, 3.63) is 111 Å². The second-order valence-electron chi connectivity index (χ2n) is 7.29. The number of aromatic hydroxyl groups is 1. The van der Waals surface area contributed by atoms with Gasteiger partial charge in [-0.3, -0.25) is 4.79 Å². The molecule has 1 N–H and O–H groups in total. The van der Waals surface area contributed by atoms with Crippen LogP contribution in [-0.2, 0) is 11.3 Å². The number of benzene rings is 3. The van der Waals surface area contributed by atoms with E-state index in [0.29, 0.717) is 27.4 Å². The number of hydrogen-bond acceptors (Lipinski definition) is 7. The summed E-state index contributed by atoms with van der Waals surface area (Å²) in [4.78, 5) is 37.9. The summed E-state index contributed by atoms with van der Waals surface area (Å²) in [5.41, 5.74) is 0.0675. The van der Waals surface area contributed by atoms with Crippen LogP contribution in [0.4, 0.5) is 0 Å². The minimum atomic E-state index is -0.754. The molecule has 33 heavy (non-hydrogen) atoms. The Labute approximate surface area is 185 Å². The lowest BCUT2D eigenvalue weighted by molar-refractivity contribution is 0.0467. The van der Waals surface area contributed by atoms with Gasteiger partial charge in [0, 0.05) is 28.5 Å². The van der Waals surface area contributed by atoms with E-state index in [-0.39, 0.29) is 29.2 Å². The molecule has 0 aliphatic carbocycles. The number of para-hydroxylation sites is 1. The third-order valence-electron chi connectivity index (χ3n) is 5.17. The summed E-state index contributed by atoms with van der Waals surface area (Å²) in [6.07, 6.45) is 0. The predicted octanol–water partition coefficient (Wildman–Crippen LogP) is 3.55. The van der Waals surface area contributed by atoms with E-state index in [9.17, 15) is 19.5 Å². The standard InChI is InChI=1S/C25H16N2O6/c28-17-10-11-18-15(12-22(29)33-21(18)13-17)14-32-25(31)23-19-8-4-5-9-20(19)24(30)27(26-23)16-6-2-1-3-7-16/h1-13,28H,14H2. The van der Waals surface area contributed by atoms with Crippen molar-refractivity contribution in [3.8, 4) is 11.4 Å². The zero-order chi connectivity index (χ0) is 22.9. The number of esters is 1. The Bertz CT molecular complexity index is 1640. The fraction of sp³-hybridized carbons (Fsp3) is 0.0400. The van der Waals surface area contributed by atoms with Crippen molar-refractivity contribution in [3.63, 3.8) is 0 Å². The van der Waals surface area contributed by atoms with Gasteiger partial charge in [-0.2, -0.15) is 9.78 Å². The van der Waals surface area contributed by atoms with Crippen molar-refractivity contribution in [1.29, 1.82) is 0 Å². The van der Waals surface area contributed by atoms with Gasteiger partial charge in [0.25, 0.3) is 5.56 Å². The van der Waals surface area contributed by atoms with Crippen LogP contribution < -0.4 is 11.2 Å². The first-order valence-corrected chi connectivity index (χ1v) is 10.0. The lowest BCUT2D eigenvalue weighted by atomic mass is 10.1. The van der Waals surface area contributed by atoms with Crippen LogP contribution >= 0.6 is 0 Å². The van der Waals surface area contributed by atoms with Gasteiger partial charge >= 0.3 is 11.6 Å². The van der Waals surface area contributed by atoms with E-state index >= 15 is 0 Å². The predicted molar refractivity (Wildman–Crippen MR) is 121 cm³/mol. The second-order valence-corrected chi connectivity index (χ2v) is 7.29. The quantitative estimate of drug-likeness (QED) is 0.336. The number of carbonyl (C=O) groups is 1. The smallest absolute Gasteiger partial charge is 0.359 e. The summed E-state index contributed by atoms with van der Waals surface area (Å²) in [5.74, 6) is -0.810. The van der Waals surface area contributed by atoms with Crippen LogP contribution in [0.5, 0.6) is 5.75 Å². The molecule has 0 radical (unpaired) electrons. The fourth-order valence-corrected chi connectivity index (χ4v) is 3.63. The van der Waals surface area contributed by atoms with Crippen molar-refractivity contribution in [1.82, 2.24) is 9.78 Å². The minimum absolute atomic E-state index is 0.0287. The summed E-state index contributed by atoms with van der Waals surface area (Å²) < 4.78 is 11.8. The molecule has 0 saturated carbocycles. The van der Waals surface area contributed by atoms with Gasteiger partial charge < -0.3 is 14.3 Å². The molecule has 3 aromatic carbocycles. The maximum Gasteiger partial charge on any atom is 0.359 e. The van der Waals surface area contributed by atoms with E-state index in [1.54, 1.807) is 54.6 Å². The van der Waals surface area contributed by atoms with Crippen molar-refractivity contribution in [2.75, 3.05) is 0 Å². The Kier molecular flexibility index (Phi) is 4.95. The van der Waals surface area contributed by atoms with E-state index in [1.165, 1.54) is 18.2 Å². The number of hydrogen-bond donors (Lipinski definition) is 1. The minimum Gasteiger partial charge on any atom is -0.508 e. The summed E-state index contributed by atoms with van der Waals surface area (Å²) in [7, 11) is 0. The van der Waals surface area contributed by atoms with E-state index in [4.69, 9.17) is 9.15 Å². The Morgan fingerprint density at radius 3 is 2.42 bits per heavy atom. The van der Waals surface area contributed by atoms with Crippen molar-refractivity contribution in [2.24, 2.45) is 0 Å². The first-order chi connectivity index (χ1) is 16.0. The van der Waals surface area contributed by atoms with Gasteiger partial charge in [0.2, 0.25) is 0 Å². The highest BCUT2D eigenvalue weighted by atomic mass is 16.5. The molecule has 0 aliphatic heterocycles. The lowest BCUT2D eigenvalue weighted by Gasteiger charge is -2.11. The van der Waals surface area contributed by atoms with E-state index in [1.807, 2.05) is 6.07 Å². The third kappa shape index (κ3) is 3.74. The Morgan fingerprint density at radius 2 is 1.64 bits per heavy atom. The molecule has 0 aliphatic rings.